The van der Waals surface area contributed by atoms with Gasteiger partial charge in [-0.1, -0.05) is 13.0 Å². The van der Waals surface area contributed by atoms with Gasteiger partial charge in [0.05, 0.1) is 5.52 Å². The van der Waals surface area contributed by atoms with Gasteiger partial charge in [-0.25, -0.2) is 4.39 Å². The van der Waals surface area contributed by atoms with Gasteiger partial charge in [-0.3, -0.25) is 9.78 Å². The van der Waals surface area contributed by atoms with Gasteiger partial charge in [-0.05, 0) is 38.0 Å². The fourth-order valence-corrected chi connectivity index (χ4v) is 1.96. The second kappa shape index (κ2) is 6.46. The molecule has 2 aromatic rings. The molecule has 1 heterocycles. The fraction of sp³-hybridized carbons (Fsp3) is 0.375. The van der Waals surface area contributed by atoms with Crippen LogP contribution in [0.15, 0.2) is 30.3 Å². The van der Waals surface area contributed by atoms with E-state index in [1.165, 1.54) is 12.1 Å². The maximum absolute atomic E-state index is 13.2. The van der Waals surface area contributed by atoms with E-state index in [2.05, 4.69) is 10.3 Å². The van der Waals surface area contributed by atoms with Crippen molar-refractivity contribution in [3.05, 3.63) is 41.8 Å². The predicted octanol–water partition coefficient (Wildman–Crippen LogP) is 3.22. The van der Waals surface area contributed by atoms with Crippen LogP contribution in [0.1, 0.15) is 32.4 Å². The van der Waals surface area contributed by atoms with Gasteiger partial charge in [-0.15, -0.1) is 0 Å². The molecule has 0 saturated carbocycles. The predicted molar refractivity (Wildman–Crippen MR) is 77.9 cm³/mol. The first-order valence-corrected chi connectivity index (χ1v) is 6.93. The number of hydrogen-bond donors (Lipinski definition) is 1. The summed E-state index contributed by atoms with van der Waals surface area (Å²) in [6.07, 6.45) is 1.88. The van der Waals surface area contributed by atoms with Gasteiger partial charge in [-0.2, -0.15) is 0 Å². The molecule has 4 heteroatoms. The molecule has 0 saturated heterocycles. The maximum Gasteiger partial charge on any atom is 0.220 e. The zero-order chi connectivity index (χ0) is 14.5. The Balaban J connectivity index is 2.01. The maximum atomic E-state index is 13.2. The summed E-state index contributed by atoms with van der Waals surface area (Å²) in [6, 6.07) is 8.53. The molecule has 1 unspecified atom stereocenters. The summed E-state index contributed by atoms with van der Waals surface area (Å²) in [7, 11) is 0. The SMILES string of the molecule is CCC(C)NC(=O)CCc1ccc2ccc(F)cc2n1. The first-order chi connectivity index (χ1) is 9.58. The third-order valence-electron chi connectivity index (χ3n) is 3.34. The van der Waals surface area contributed by atoms with Crippen LogP contribution in [0.25, 0.3) is 10.9 Å². The van der Waals surface area contributed by atoms with E-state index in [9.17, 15) is 9.18 Å². The van der Waals surface area contributed by atoms with Crippen molar-refractivity contribution < 1.29 is 9.18 Å². The third kappa shape index (κ3) is 3.76. The zero-order valence-corrected chi connectivity index (χ0v) is 11.8. The molecule has 0 aliphatic carbocycles. The second-order valence-electron chi connectivity index (χ2n) is 5.02. The monoisotopic (exact) mass is 274 g/mol. The van der Waals surface area contributed by atoms with Crippen molar-refractivity contribution >= 4 is 16.8 Å². The summed E-state index contributed by atoms with van der Waals surface area (Å²) >= 11 is 0. The lowest BCUT2D eigenvalue weighted by atomic mass is 10.1. The zero-order valence-electron chi connectivity index (χ0n) is 11.8. The Bertz CT molecular complexity index is 612. The molecule has 1 N–H and O–H groups in total. The average Bonchev–Trinajstić information content (AvgIpc) is 2.44. The van der Waals surface area contributed by atoms with Crippen LogP contribution < -0.4 is 5.32 Å². The lowest BCUT2D eigenvalue weighted by molar-refractivity contribution is -0.121. The highest BCUT2D eigenvalue weighted by molar-refractivity contribution is 5.79. The molecule has 3 nitrogen and oxygen atoms in total. The number of carbonyl (C=O) groups is 1. The summed E-state index contributed by atoms with van der Waals surface area (Å²) in [5.41, 5.74) is 1.44. The van der Waals surface area contributed by atoms with Gasteiger partial charge >= 0.3 is 0 Å². The van der Waals surface area contributed by atoms with Crippen LogP contribution in [-0.4, -0.2) is 16.9 Å². The number of carbonyl (C=O) groups excluding carboxylic acids is 1. The summed E-state index contributed by atoms with van der Waals surface area (Å²) in [5, 5.41) is 3.82. The number of aryl methyl sites for hydroxylation is 1. The lowest BCUT2D eigenvalue weighted by Gasteiger charge is -2.11. The molecule has 0 spiro atoms. The number of fused-ring (bicyclic) bond motifs is 1. The Morgan fingerprint density at radius 3 is 2.85 bits per heavy atom. The van der Waals surface area contributed by atoms with Crippen LogP contribution in [0, 0.1) is 5.82 Å². The van der Waals surface area contributed by atoms with Crippen LogP contribution in [-0.2, 0) is 11.2 Å². The Morgan fingerprint density at radius 2 is 2.10 bits per heavy atom. The molecule has 0 radical (unpaired) electrons. The standard InChI is InChI=1S/C16H19FN2O/c1-3-11(2)18-16(20)9-8-14-7-5-12-4-6-13(17)10-15(12)19-14/h4-7,10-11H,3,8-9H2,1-2H3,(H,18,20). The average molecular weight is 274 g/mol. The van der Waals surface area contributed by atoms with E-state index < -0.39 is 0 Å². The van der Waals surface area contributed by atoms with E-state index in [-0.39, 0.29) is 17.8 Å². The number of pyridine rings is 1. The third-order valence-corrected chi connectivity index (χ3v) is 3.34. The smallest absolute Gasteiger partial charge is 0.220 e. The van der Waals surface area contributed by atoms with Gasteiger partial charge in [0.15, 0.2) is 0 Å². The van der Waals surface area contributed by atoms with E-state index in [0.29, 0.717) is 18.4 Å². The van der Waals surface area contributed by atoms with E-state index in [1.54, 1.807) is 6.07 Å². The quantitative estimate of drug-likeness (QED) is 0.909. The normalized spacial score (nSPS) is 12.3. The Hall–Kier alpha value is -1.97. The summed E-state index contributed by atoms with van der Waals surface area (Å²) in [6.45, 7) is 4.01. The molecule has 1 atom stereocenters. The largest absolute Gasteiger partial charge is 0.354 e. The number of nitrogens with zero attached hydrogens (tertiary/aromatic N) is 1. The summed E-state index contributed by atoms with van der Waals surface area (Å²) in [4.78, 5) is 16.1. The molecular weight excluding hydrogens is 255 g/mol. The van der Waals surface area contributed by atoms with Gasteiger partial charge in [0.1, 0.15) is 5.82 Å². The van der Waals surface area contributed by atoms with Crippen molar-refractivity contribution in [3.63, 3.8) is 0 Å². The second-order valence-corrected chi connectivity index (χ2v) is 5.02. The molecule has 0 fully saturated rings. The highest BCUT2D eigenvalue weighted by Crippen LogP contribution is 2.14. The molecule has 2 rings (SSSR count). The summed E-state index contributed by atoms with van der Waals surface area (Å²) < 4.78 is 13.2. The molecule has 20 heavy (non-hydrogen) atoms. The van der Waals surface area contributed by atoms with Crippen molar-refractivity contribution in [3.8, 4) is 0 Å². The Labute approximate surface area is 118 Å². The number of rotatable bonds is 5. The minimum Gasteiger partial charge on any atom is -0.354 e. The van der Waals surface area contributed by atoms with Crippen molar-refractivity contribution in [2.45, 2.75) is 39.2 Å². The lowest BCUT2D eigenvalue weighted by Crippen LogP contribution is -2.32. The van der Waals surface area contributed by atoms with E-state index >= 15 is 0 Å². The Morgan fingerprint density at radius 1 is 1.35 bits per heavy atom. The topological polar surface area (TPSA) is 42.0 Å². The van der Waals surface area contributed by atoms with Crippen molar-refractivity contribution in [2.75, 3.05) is 0 Å². The number of hydrogen-bond acceptors (Lipinski definition) is 2. The molecule has 0 aliphatic rings. The van der Waals surface area contributed by atoms with E-state index in [0.717, 1.165) is 17.5 Å². The van der Waals surface area contributed by atoms with Gasteiger partial charge in [0, 0.05) is 29.6 Å². The molecular formula is C16H19FN2O. The van der Waals surface area contributed by atoms with Gasteiger partial charge in [0.2, 0.25) is 5.91 Å². The molecule has 1 aromatic carbocycles. The molecule has 0 aliphatic heterocycles. The first kappa shape index (κ1) is 14.4. The molecule has 106 valence electrons. The van der Waals surface area contributed by atoms with Crippen molar-refractivity contribution in [1.82, 2.24) is 10.3 Å². The number of amides is 1. The first-order valence-electron chi connectivity index (χ1n) is 6.93. The molecule has 1 amide bonds. The fourth-order valence-electron chi connectivity index (χ4n) is 1.96. The highest BCUT2D eigenvalue weighted by atomic mass is 19.1. The number of aromatic nitrogens is 1. The minimum absolute atomic E-state index is 0.0282. The number of halogens is 1. The highest BCUT2D eigenvalue weighted by Gasteiger charge is 2.07. The molecule has 1 aromatic heterocycles. The van der Waals surface area contributed by atoms with Crippen LogP contribution >= 0.6 is 0 Å². The van der Waals surface area contributed by atoms with Gasteiger partial charge < -0.3 is 5.32 Å². The van der Waals surface area contributed by atoms with Crippen LogP contribution in [0.5, 0.6) is 0 Å². The van der Waals surface area contributed by atoms with Crippen LogP contribution in [0.3, 0.4) is 0 Å². The van der Waals surface area contributed by atoms with E-state index in [4.69, 9.17) is 0 Å². The minimum atomic E-state index is -0.295. The number of nitrogens with one attached hydrogen (secondary N) is 1. The van der Waals surface area contributed by atoms with E-state index in [1.807, 2.05) is 26.0 Å². The van der Waals surface area contributed by atoms with Gasteiger partial charge in [0.25, 0.3) is 0 Å². The van der Waals surface area contributed by atoms with Crippen LogP contribution in [0.2, 0.25) is 0 Å². The van der Waals surface area contributed by atoms with Crippen LogP contribution in [0.4, 0.5) is 4.39 Å². The van der Waals surface area contributed by atoms with Crippen molar-refractivity contribution in [2.24, 2.45) is 0 Å². The summed E-state index contributed by atoms with van der Waals surface area (Å²) in [5.74, 6) is -0.267. The van der Waals surface area contributed by atoms with Crippen molar-refractivity contribution in [1.29, 1.82) is 0 Å². The number of benzene rings is 1. The molecule has 0 bridgehead atoms. The Kier molecular flexibility index (Phi) is 4.66.